The molecule has 0 radical (unpaired) electrons. The number of piperidine rings is 1. The van der Waals surface area contributed by atoms with Crippen LogP contribution in [0.3, 0.4) is 0 Å². The van der Waals surface area contributed by atoms with E-state index in [4.69, 9.17) is 33.2 Å². The van der Waals surface area contributed by atoms with Crippen molar-refractivity contribution >= 4 is 0 Å². The number of allylic oxidation sites excluding steroid dienone is 1. The van der Waals surface area contributed by atoms with Gasteiger partial charge in [-0.15, -0.1) is 5.10 Å². The number of aromatic nitrogens is 3. The molecule has 1 aromatic rings. The molecule has 3 saturated carbocycles. The Morgan fingerprint density at radius 2 is 1.44 bits per heavy atom. The smallest absolute Gasteiger partial charge is 0.187 e. The summed E-state index contributed by atoms with van der Waals surface area (Å²) in [7, 11) is 0. The summed E-state index contributed by atoms with van der Waals surface area (Å²) in [5.41, 5.74) is 2.77. The highest BCUT2D eigenvalue weighted by Gasteiger charge is 2.66. The molecule has 10 rings (SSSR count). The summed E-state index contributed by atoms with van der Waals surface area (Å²) in [6.07, 6.45) is -5.39. The highest BCUT2D eigenvalue weighted by molar-refractivity contribution is 5.27. The summed E-state index contributed by atoms with van der Waals surface area (Å²) >= 11 is 0. The van der Waals surface area contributed by atoms with E-state index in [2.05, 4.69) is 49.0 Å². The topological polar surface area (TPSA) is 260 Å². The van der Waals surface area contributed by atoms with Crippen molar-refractivity contribution in [2.75, 3.05) is 19.8 Å². The number of rotatable bonds is 13. The van der Waals surface area contributed by atoms with Crippen LogP contribution in [0, 0.1) is 46.3 Å². The van der Waals surface area contributed by atoms with Gasteiger partial charge in [0.05, 0.1) is 37.7 Å². The summed E-state index contributed by atoms with van der Waals surface area (Å²) in [5.74, 6) is 4.86. The fraction of sp³-hybridized carbons (Fsp3) is 0.922. The second-order valence-electron chi connectivity index (χ2n) is 23.6. The molecule has 396 valence electrons. The Morgan fingerprint density at radius 3 is 2.14 bits per heavy atom. The number of aliphatic hydroxyl groups excluding tert-OH is 8. The Hall–Kier alpha value is -1.76. The maximum absolute atomic E-state index is 11.8. The second-order valence-corrected chi connectivity index (χ2v) is 23.6. The van der Waals surface area contributed by atoms with Gasteiger partial charge in [0.15, 0.2) is 18.9 Å². The molecule has 8 N–H and O–H groups in total. The van der Waals surface area contributed by atoms with Gasteiger partial charge in [-0.1, -0.05) is 44.6 Å². The molecular weight excluding hydrogens is 909 g/mol. The lowest BCUT2D eigenvalue weighted by molar-refractivity contribution is -0.385. The molecular formula is C51H82N4O15. The van der Waals surface area contributed by atoms with Crippen LogP contribution in [-0.4, -0.2) is 191 Å². The first-order chi connectivity index (χ1) is 33.4. The van der Waals surface area contributed by atoms with Gasteiger partial charge in [0.1, 0.15) is 66.7 Å². The number of fused-ring (bicyclic) bond motifs is 9. The monoisotopic (exact) mass is 991 g/mol. The minimum atomic E-state index is -1.74. The average molecular weight is 991 g/mol. The molecule has 5 aliphatic heterocycles. The molecule has 9 aliphatic rings. The van der Waals surface area contributed by atoms with Gasteiger partial charge in [0.25, 0.3) is 0 Å². The maximum Gasteiger partial charge on any atom is 0.187 e. The lowest BCUT2D eigenvalue weighted by Gasteiger charge is -2.58. The van der Waals surface area contributed by atoms with Crippen LogP contribution in [0.15, 0.2) is 17.8 Å². The van der Waals surface area contributed by atoms with E-state index in [0.717, 1.165) is 66.9 Å². The van der Waals surface area contributed by atoms with Gasteiger partial charge >= 0.3 is 0 Å². The van der Waals surface area contributed by atoms with Gasteiger partial charge in [-0.3, -0.25) is 9.58 Å². The standard InChI is InChI=1S/C51H82N4O15/c1-24-8-11-34-25(2)37-35(55(34)20-24)19-33-31-10-9-28-18-30(12-14-50(28,5)32(31)13-15-51(33,37)6)64-17-7-16-54-21-29(52-53-54)23-65-49-46(70-48-43(62)41(60)39(58)27(4)67-48)44(63)45(36(22-56)68-49)69-47-42(61)40(59)38(57)26(3)66-47/h9,21,24-27,30-49,56-63H,7-8,10-20,22-23H2,1-6H3/t24-,25+,26-,27-,30-,31?,32?,33?,34?,35?,36+,37?,38-,39-,40+,41+,42+,43+,44-,45+,46+,47-,48-,49+,50-,51-/m0/s1. The molecule has 19 heteroatoms. The molecule has 19 nitrogen and oxygen atoms in total. The Bertz CT molecular complexity index is 1980. The third-order valence-electron chi connectivity index (χ3n) is 19.5. The zero-order valence-corrected chi connectivity index (χ0v) is 41.8. The molecule has 70 heavy (non-hydrogen) atoms. The van der Waals surface area contributed by atoms with E-state index in [1.807, 2.05) is 0 Å². The van der Waals surface area contributed by atoms with Crippen molar-refractivity contribution in [3.8, 4) is 0 Å². The van der Waals surface area contributed by atoms with Crippen molar-refractivity contribution in [3.05, 3.63) is 23.5 Å². The number of aliphatic hydroxyl groups is 8. The van der Waals surface area contributed by atoms with Crippen molar-refractivity contribution in [1.29, 1.82) is 0 Å². The lowest BCUT2D eigenvalue weighted by atomic mass is 9.47. The van der Waals surface area contributed by atoms with Crippen molar-refractivity contribution in [2.45, 2.75) is 229 Å². The number of nitrogens with zero attached hydrogens (tertiary/aromatic N) is 4. The van der Waals surface area contributed by atoms with Crippen LogP contribution in [0.5, 0.6) is 0 Å². The molecule has 8 fully saturated rings. The number of hydrogen-bond donors (Lipinski definition) is 8. The normalized spacial score (nSPS) is 51.5. The maximum atomic E-state index is 11.8. The highest BCUT2D eigenvalue weighted by atomic mass is 16.8. The molecule has 0 amide bonds. The minimum Gasteiger partial charge on any atom is -0.394 e. The Labute approximate surface area is 411 Å². The second kappa shape index (κ2) is 20.4. The number of aryl methyl sites for hydroxylation is 1. The van der Waals surface area contributed by atoms with E-state index in [1.165, 1.54) is 65.3 Å². The molecule has 4 aliphatic carbocycles. The van der Waals surface area contributed by atoms with Crippen LogP contribution < -0.4 is 0 Å². The highest BCUT2D eigenvalue weighted by Crippen LogP contribution is 2.70. The molecule has 26 atom stereocenters. The lowest BCUT2D eigenvalue weighted by Crippen LogP contribution is -2.66. The van der Waals surface area contributed by atoms with E-state index in [9.17, 15) is 40.9 Å². The molecule has 0 bridgehead atoms. The molecule has 5 saturated heterocycles. The van der Waals surface area contributed by atoms with Crippen LogP contribution in [0.4, 0.5) is 0 Å². The van der Waals surface area contributed by atoms with Crippen molar-refractivity contribution in [2.24, 2.45) is 46.3 Å². The van der Waals surface area contributed by atoms with E-state index >= 15 is 0 Å². The van der Waals surface area contributed by atoms with Gasteiger partial charge in [0.2, 0.25) is 0 Å². The number of ether oxygens (including phenoxy) is 7. The quantitative estimate of drug-likeness (QED) is 0.103. The zero-order valence-electron chi connectivity index (χ0n) is 41.8. The first-order valence-electron chi connectivity index (χ1n) is 26.6. The first-order valence-corrected chi connectivity index (χ1v) is 26.6. The molecule has 0 aromatic carbocycles. The van der Waals surface area contributed by atoms with Crippen molar-refractivity contribution < 1.29 is 74.0 Å². The molecule has 0 spiro atoms. The van der Waals surface area contributed by atoms with Gasteiger partial charge in [-0.2, -0.15) is 0 Å². The third kappa shape index (κ3) is 9.18. The van der Waals surface area contributed by atoms with Crippen LogP contribution in [0.1, 0.15) is 111 Å². The van der Waals surface area contributed by atoms with Gasteiger partial charge < -0.3 is 74.0 Å². The fourth-order valence-corrected chi connectivity index (χ4v) is 15.7. The molecule has 1 aromatic heterocycles. The van der Waals surface area contributed by atoms with E-state index < -0.39 is 98.7 Å². The van der Waals surface area contributed by atoms with Crippen LogP contribution in [0.25, 0.3) is 0 Å². The first kappa shape index (κ1) is 51.7. The summed E-state index contributed by atoms with van der Waals surface area (Å²) < 4.78 is 43.6. The zero-order chi connectivity index (χ0) is 49.6. The van der Waals surface area contributed by atoms with Crippen LogP contribution in [0.2, 0.25) is 0 Å². The largest absolute Gasteiger partial charge is 0.394 e. The Morgan fingerprint density at radius 1 is 0.743 bits per heavy atom. The minimum absolute atomic E-state index is 0.175. The molecule has 6 heterocycles. The van der Waals surface area contributed by atoms with Crippen molar-refractivity contribution in [1.82, 2.24) is 19.9 Å². The van der Waals surface area contributed by atoms with Crippen molar-refractivity contribution in [3.63, 3.8) is 0 Å². The van der Waals surface area contributed by atoms with Gasteiger partial charge in [-0.25, -0.2) is 0 Å². The van der Waals surface area contributed by atoms with Gasteiger partial charge in [-0.05, 0) is 124 Å². The summed E-state index contributed by atoms with van der Waals surface area (Å²) in [6.45, 7) is 14.9. The fourth-order valence-electron chi connectivity index (χ4n) is 15.7. The Balaban J connectivity index is 0.726. The van der Waals surface area contributed by atoms with E-state index in [0.29, 0.717) is 24.3 Å². The number of hydrogen-bond acceptors (Lipinski definition) is 18. The SMILES string of the molecule is C[C@H]1CCC2[C@@H](C)C3C(CC4C5CC=C6C[C@@H](OCCCn7cc(CO[C@@H]8O[C@H](CO)[C@@H](O[C@@H]9O[C@@H](C)[C@H](O)[C@@H](O)[C@H]9O)[C@H](O)[C@H]8O[C@@H]8O[C@@H](C)[C@H](O)[C@@H](O)[C@H]8O)nn7)CC[C@]6(C)C5CC[C@@]43C)N2C1. The van der Waals surface area contributed by atoms with Crippen LogP contribution in [-0.2, 0) is 46.3 Å². The van der Waals surface area contributed by atoms with E-state index in [1.54, 1.807) is 16.5 Å². The predicted molar refractivity (Wildman–Crippen MR) is 248 cm³/mol. The Kier molecular flexibility index (Phi) is 15.1. The predicted octanol–water partition coefficient (Wildman–Crippen LogP) is 1.38. The summed E-state index contributed by atoms with van der Waals surface area (Å²) in [6, 6.07) is 1.58. The average Bonchev–Trinajstić information content (AvgIpc) is 4.02. The van der Waals surface area contributed by atoms with Crippen LogP contribution >= 0.6 is 0 Å². The van der Waals surface area contributed by atoms with Gasteiger partial charge in [0, 0.05) is 31.8 Å². The van der Waals surface area contributed by atoms with E-state index in [-0.39, 0.29) is 18.1 Å². The summed E-state index contributed by atoms with van der Waals surface area (Å²) in [5, 5.41) is 93.6. The summed E-state index contributed by atoms with van der Waals surface area (Å²) in [4.78, 5) is 3.00. The third-order valence-corrected chi connectivity index (χ3v) is 19.5. The molecule has 6 unspecified atom stereocenters.